The van der Waals surface area contributed by atoms with Crippen molar-refractivity contribution in [1.29, 1.82) is 0 Å². The number of thiophene rings is 2. The molecule has 2 atom stereocenters. The molecule has 2 aromatic heterocycles. The van der Waals surface area contributed by atoms with Crippen molar-refractivity contribution in [1.82, 2.24) is 9.80 Å². The fourth-order valence-corrected chi connectivity index (χ4v) is 12.1. The quantitative estimate of drug-likeness (QED) is 0.207. The van der Waals surface area contributed by atoms with Crippen LogP contribution in [0.1, 0.15) is 92.4 Å². The summed E-state index contributed by atoms with van der Waals surface area (Å²) in [5.74, 6) is 2.66. The summed E-state index contributed by atoms with van der Waals surface area (Å²) in [6.45, 7) is 9.61. The highest BCUT2D eigenvalue weighted by Crippen LogP contribution is 2.59. The molecule has 0 radical (unpaired) electrons. The van der Waals surface area contributed by atoms with Gasteiger partial charge in [-0.3, -0.25) is 14.6 Å². The number of piperidine rings is 6. The number of ketones is 1. The third-order valence-corrected chi connectivity index (χ3v) is 15.2. The number of hydrogen-bond acceptors (Lipinski definition) is 8. The molecule has 50 heavy (non-hydrogen) atoms. The van der Waals surface area contributed by atoms with Crippen LogP contribution in [0.3, 0.4) is 0 Å². The first-order chi connectivity index (χ1) is 23.9. The summed E-state index contributed by atoms with van der Waals surface area (Å²) in [7, 11) is 0. The molecule has 8 aliphatic rings. The molecule has 2 spiro atoms. The van der Waals surface area contributed by atoms with Gasteiger partial charge in [0.25, 0.3) is 0 Å². The van der Waals surface area contributed by atoms with E-state index in [0.29, 0.717) is 28.8 Å². The van der Waals surface area contributed by atoms with Crippen LogP contribution in [0.2, 0.25) is 0 Å². The summed E-state index contributed by atoms with van der Waals surface area (Å²) in [6, 6.07) is 17.8. The molecule has 2 saturated carbocycles. The van der Waals surface area contributed by atoms with Gasteiger partial charge in [0, 0.05) is 32.9 Å². The zero-order valence-electron chi connectivity index (χ0n) is 29.5. The summed E-state index contributed by atoms with van der Waals surface area (Å²) in [6.07, 6.45) is 14.0. The van der Waals surface area contributed by atoms with Crippen LogP contribution in [-0.4, -0.2) is 65.0 Å². The molecule has 0 amide bonds. The van der Waals surface area contributed by atoms with Crippen molar-refractivity contribution in [2.24, 2.45) is 23.5 Å². The number of benzene rings is 2. The lowest BCUT2D eigenvalue weighted by Gasteiger charge is -2.52. The molecular weight excluding hydrogens is 682 g/mol. The van der Waals surface area contributed by atoms with Gasteiger partial charge in [-0.05, 0) is 148 Å². The predicted molar refractivity (Wildman–Crippen MR) is 208 cm³/mol. The maximum absolute atomic E-state index is 13.1. The van der Waals surface area contributed by atoms with E-state index in [0.717, 1.165) is 36.0 Å². The number of carbonyl (C=O) groups excluding carboxylic acids is 3. The Labute approximate surface area is 311 Å². The smallest absolute Gasteiger partial charge is 0.326 e. The van der Waals surface area contributed by atoms with E-state index in [1.807, 2.05) is 11.3 Å². The maximum atomic E-state index is 13.1. The van der Waals surface area contributed by atoms with E-state index >= 15 is 0 Å². The monoisotopic (exact) mass is 733 g/mol. The van der Waals surface area contributed by atoms with Crippen LogP contribution in [0, 0.1) is 17.8 Å². The Morgan fingerprint density at radius 3 is 1.88 bits per heavy atom. The number of carbonyl (C=O) groups is 1. The third kappa shape index (κ3) is 7.02. The summed E-state index contributed by atoms with van der Waals surface area (Å²) >= 11 is 3.56. The fraction of sp³-hybridized carbons (Fsp3) is 0.561. The summed E-state index contributed by atoms with van der Waals surface area (Å²) < 4.78 is 2.77. The molecule has 2 aliphatic carbocycles. The zero-order valence-corrected chi connectivity index (χ0v) is 32.0. The van der Waals surface area contributed by atoms with Gasteiger partial charge in [-0.2, -0.15) is 9.59 Å². The lowest BCUT2D eigenvalue weighted by molar-refractivity contribution is -0.191. The number of halogens is 1. The second kappa shape index (κ2) is 15.7. The van der Waals surface area contributed by atoms with Crippen LogP contribution in [0.15, 0.2) is 53.9 Å². The SMILES string of the molecule is CCc1cccc2cc(C(=O)C[C@@H]3C4CCN(CC4)C34CC4)sc12.CCc1cccc2ccsc12.Cl.N[C@@H]1C2CCN(CC2)C12CC2.O=C=O. The van der Waals surface area contributed by atoms with Gasteiger partial charge in [0.05, 0.1) is 4.88 Å². The lowest BCUT2D eigenvalue weighted by Crippen LogP contribution is -2.63. The minimum Gasteiger partial charge on any atom is -0.326 e. The Kier molecular flexibility index (Phi) is 11.7. The van der Waals surface area contributed by atoms with E-state index in [9.17, 15) is 4.79 Å². The molecular formula is C41H52ClN3O3S2. The van der Waals surface area contributed by atoms with E-state index in [4.69, 9.17) is 15.3 Å². The number of Topliss-reactive ketones (excluding diaryl/α,β-unsaturated/α-hetero) is 1. The number of hydrogen-bond donors (Lipinski definition) is 1. The average Bonchev–Trinajstić information content (AvgIpc) is 4.00. The number of nitrogens with two attached hydrogens (primary N) is 1. The van der Waals surface area contributed by atoms with Crippen LogP contribution in [0.5, 0.6) is 0 Å². The Morgan fingerprint density at radius 1 is 0.800 bits per heavy atom. The number of aryl methyl sites for hydroxylation is 2. The molecule has 6 aliphatic heterocycles. The molecule has 2 aromatic carbocycles. The highest BCUT2D eigenvalue weighted by molar-refractivity contribution is 7.21. The topological polar surface area (TPSA) is 83.7 Å². The van der Waals surface area contributed by atoms with Crippen molar-refractivity contribution in [2.75, 3.05) is 26.2 Å². The van der Waals surface area contributed by atoms with Gasteiger partial charge in [0.15, 0.2) is 5.78 Å². The van der Waals surface area contributed by atoms with Crippen molar-refractivity contribution in [3.05, 3.63) is 69.9 Å². The summed E-state index contributed by atoms with van der Waals surface area (Å²) in [5, 5.41) is 4.79. The largest absolute Gasteiger partial charge is 0.373 e. The molecule has 8 heterocycles. The van der Waals surface area contributed by atoms with Gasteiger partial charge >= 0.3 is 6.15 Å². The van der Waals surface area contributed by atoms with Crippen LogP contribution >= 0.6 is 35.1 Å². The molecule has 12 rings (SSSR count). The fourth-order valence-electron chi connectivity index (χ4n) is 9.90. The standard InChI is InChI=1S/C21H25NOS.C10H10S.C9H16N2.CO2.ClH/c1-2-14-4-3-5-16-12-19(24-20(14)16)18(23)13-17-15-6-10-22(11-7-15)21(17)8-9-21;1-2-8-4-3-5-9-6-7-11-10(8)9;10-8-7-1-5-11(6-2-7)9(8)3-4-9;2-1-3;/h3-5,12,15,17H,2,6-11,13H2,1H3;3-7H,2H2,1H3;7-8H,1-6,10H2;;1H/t17-;;8-;;/m1.1../s1. The maximum Gasteiger partial charge on any atom is 0.373 e. The predicted octanol–water partition coefficient (Wildman–Crippen LogP) is 8.78. The molecule has 268 valence electrons. The first kappa shape index (κ1) is 37.3. The Balaban J connectivity index is 0.000000138. The van der Waals surface area contributed by atoms with E-state index in [1.54, 1.807) is 11.3 Å². The van der Waals surface area contributed by atoms with Crippen molar-refractivity contribution in [3.63, 3.8) is 0 Å². The zero-order chi connectivity index (χ0) is 34.2. The van der Waals surface area contributed by atoms with Gasteiger partial charge in [-0.15, -0.1) is 35.1 Å². The van der Waals surface area contributed by atoms with Crippen molar-refractivity contribution < 1.29 is 14.4 Å². The molecule has 0 unspecified atom stereocenters. The Morgan fingerprint density at radius 2 is 1.34 bits per heavy atom. The van der Waals surface area contributed by atoms with Crippen molar-refractivity contribution >= 4 is 67.2 Å². The van der Waals surface area contributed by atoms with Crippen LogP contribution in [-0.2, 0) is 22.4 Å². The van der Waals surface area contributed by atoms with E-state index in [2.05, 4.69) is 77.6 Å². The van der Waals surface area contributed by atoms with Gasteiger partial charge in [-0.1, -0.05) is 50.2 Å². The number of rotatable bonds is 5. The van der Waals surface area contributed by atoms with Crippen LogP contribution in [0.25, 0.3) is 20.2 Å². The molecule has 9 heteroatoms. The molecule has 4 bridgehead atoms. The first-order valence-electron chi connectivity index (χ1n) is 18.6. The van der Waals surface area contributed by atoms with Gasteiger partial charge in [-0.25, -0.2) is 0 Å². The second-order valence-electron chi connectivity index (χ2n) is 15.1. The van der Waals surface area contributed by atoms with Crippen LogP contribution in [0.4, 0.5) is 0 Å². The van der Waals surface area contributed by atoms with E-state index in [1.165, 1.54) is 109 Å². The van der Waals surface area contributed by atoms with E-state index in [-0.39, 0.29) is 18.6 Å². The average molecular weight is 734 g/mol. The Hall–Kier alpha value is -2.42. The third-order valence-electron chi connectivity index (χ3n) is 12.9. The van der Waals surface area contributed by atoms with Crippen molar-refractivity contribution in [2.45, 2.75) is 102 Å². The van der Waals surface area contributed by atoms with Gasteiger partial charge in [0.2, 0.25) is 0 Å². The second-order valence-corrected chi connectivity index (χ2v) is 17.1. The number of nitrogens with zero attached hydrogens (tertiary/aromatic N) is 2. The van der Waals surface area contributed by atoms with Crippen LogP contribution < -0.4 is 5.73 Å². The molecule has 6 nitrogen and oxygen atoms in total. The lowest BCUT2D eigenvalue weighted by atomic mass is 9.70. The van der Waals surface area contributed by atoms with Gasteiger partial charge in [0.1, 0.15) is 0 Å². The highest BCUT2D eigenvalue weighted by Gasteiger charge is 2.60. The molecule has 6 saturated heterocycles. The molecule has 4 aromatic rings. The number of fused-ring (bicyclic) bond motifs is 6. The highest BCUT2D eigenvalue weighted by atomic mass is 35.5. The Bertz CT molecular complexity index is 1800. The summed E-state index contributed by atoms with van der Waals surface area (Å²) in [4.78, 5) is 35.7. The van der Waals surface area contributed by atoms with E-state index < -0.39 is 0 Å². The molecule has 2 N–H and O–H groups in total. The summed E-state index contributed by atoms with van der Waals surface area (Å²) in [5.41, 5.74) is 10.00. The normalized spacial score (nSPS) is 28.3. The van der Waals surface area contributed by atoms with Crippen molar-refractivity contribution in [3.8, 4) is 0 Å². The molecule has 8 fully saturated rings. The minimum atomic E-state index is 0. The first-order valence-corrected chi connectivity index (χ1v) is 20.3. The van der Waals surface area contributed by atoms with Gasteiger partial charge < -0.3 is 5.73 Å². The minimum absolute atomic E-state index is 0.